The van der Waals surface area contributed by atoms with Gasteiger partial charge in [0.25, 0.3) is 0 Å². The quantitative estimate of drug-likeness (QED) is 0.132. The van der Waals surface area contributed by atoms with Gasteiger partial charge >= 0.3 is 0 Å². The molecule has 0 bridgehead atoms. The largest absolute Gasteiger partial charge is 0.0651 e. The van der Waals surface area contributed by atoms with Gasteiger partial charge in [-0.3, -0.25) is 0 Å². The van der Waals surface area contributed by atoms with Crippen LogP contribution in [0.3, 0.4) is 0 Å². The maximum absolute atomic E-state index is 2.63. The van der Waals surface area contributed by atoms with Crippen LogP contribution in [0.2, 0.25) is 12.1 Å². The summed E-state index contributed by atoms with van der Waals surface area (Å²) in [6.07, 6.45) is 9.87. The second kappa shape index (κ2) is 14.8. The standard InChI is InChI=1S/C48H60Si/c1-11-13-35-15-17-39-43(47(35)37-21-31(7)19-32(8)22-37)25-41(29(3)4)45(39)27-49-28-46-40-18-16-36(14-12-2)48(44(40)26-42(46)30(5)6)38-23-33(9)20-34(10)24-38/h15-26,29-30,45-46H,11-14,27-28,49H2,1-10H3. The Bertz CT molecular complexity index is 1730. The molecule has 2 unspecified atom stereocenters. The van der Waals surface area contributed by atoms with E-state index in [0.717, 1.165) is 12.8 Å². The topological polar surface area (TPSA) is 0 Å². The molecule has 0 fully saturated rings. The van der Waals surface area contributed by atoms with Gasteiger partial charge in [0, 0.05) is 21.4 Å². The zero-order chi connectivity index (χ0) is 35.0. The lowest BCUT2D eigenvalue weighted by molar-refractivity contribution is 0.686. The molecule has 6 rings (SSSR count). The SMILES string of the molecule is CCCc1ccc2c(c1-c1cc(C)cc(C)c1)C=C(C(C)C)C2C[SiH2]CC1C(C(C)C)=Cc2c1ccc(CCC)c2-c1cc(C)cc(C)c1. The van der Waals surface area contributed by atoms with Crippen molar-refractivity contribution in [1.29, 1.82) is 0 Å². The van der Waals surface area contributed by atoms with E-state index in [1.807, 2.05) is 0 Å². The van der Waals surface area contributed by atoms with Crippen molar-refractivity contribution < 1.29 is 0 Å². The first kappa shape index (κ1) is 35.4. The third-order valence-electron chi connectivity index (χ3n) is 11.3. The van der Waals surface area contributed by atoms with Crippen LogP contribution in [0.4, 0.5) is 0 Å². The summed E-state index contributed by atoms with van der Waals surface area (Å²) in [5, 5.41) is 0. The molecule has 0 saturated carbocycles. The van der Waals surface area contributed by atoms with Gasteiger partial charge in [0.15, 0.2) is 0 Å². The van der Waals surface area contributed by atoms with Crippen LogP contribution in [-0.4, -0.2) is 9.52 Å². The smallest absolute Gasteiger partial charge is 0.0218 e. The molecule has 0 spiro atoms. The molecule has 0 N–H and O–H groups in total. The minimum atomic E-state index is -0.350. The predicted octanol–water partition coefficient (Wildman–Crippen LogP) is 13.1. The predicted molar refractivity (Wildman–Crippen MR) is 220 cm³/mol. The Kier molecular flexibility index (Phi) is 10.7. The average molecular weight is 665 g/mol. The first-order chi connectivity index (χ1) is 23.5. The molecule has 49 heavy (non-hydrogen) atoms. The van der Waals surface area contributed by atoms with Crippen molar-refractivity contribution in [3.63, 3.8) is 0 Å². The fourth-order valence-corrected chi connectivity index (χ4v) is 11.7. The molecule has 2 aliphatic carbocycles. The molecule has 0 saturated heterocycles. The number of hydrogen-bond acceptors (Lipinski definition) is 0. The van der Waals surface area contributed by atoms with E-state index in [1.54, 1.807) is 22.3 Å². The van der Waals surface area contributed by atoms with Crippen LogP contribution >= 0.6 is 0 Å². The Balaban J connectivity index is 1.34. The molecule has 256 valence electrons. The minimum Gasteiger partial charge on any atom is -0.0651 e. The van der Waals surface area contributed by atoms with Crippen molar-refractivity contribution in [3.05, 3.63) is 127 Å². The van der Waals surface area contributed by atoms with Gasteiger partial charge < -0.3 is 0 Å². The molecule has 0 amide bonds. The van der Waals surface area contributed by atoms with Gasteiger partial charge in [-0.2, -0.15) is 0 Å². The van der Waals surface area contributed by atoms with Crippen molar-refractivity contribution in [1.82, 2.24) is 0 Å². The van der Waals surface area contributed by atoms with E-state index in [0.29, 0.717) is 23.7 Å². The van der Waals surface area contributed by atoms with Crippen LogP contribution in [0.25, 0.3) is 34.4 Å². The molecule has 0 radical (unpaired) electrons. The number of rotatable bonds is 12. The van der Waals surface area contributed by atoms with Gasteiger partial charge in [-0.1, -0.05) is 173 Å². The molecule has 2 aliphatic rings. The Morgan fingerprint density at radius 3 is 1.22 bits per heavy atom. The van der Waals surface area contributed by atoms with Gasteiger partial charge in [-0.05, 0) is 108 Å². The fourth-order valence-electron chi connectivity index (χ4n) is 9.36. The van der Waals surface area contributed by atoms with Gasteiger partial charge in [-0.15, -0.1) is 0 Å². The molecular weight excluding hydrogens is 605 g/mol. The van der Waals surface area contributed by atoms with Gasteiger partial charge in [0.2, 0.25) is 0 Å². The summed E-state index contributed by atoms with van der Waals surface area (Å²) in [5.41, 5.74) is 23.9. The van der Waals surface area contributed by atoms with E-state index in [2.05, 4.69) is 142 Å². The van der Waals surface area contributed by atoms with Crippen LogP contribution in [0.5, 0.6) is 0 Å². The van der Waals surface area contributed by atoms with Crippen LogP contribution in [0.15, 0.2) is 71.8 Å². The van der Waals surface area contributed by atoms with Crippen LogP contribution in [0.1, 0.15) is 122 Å². The minimum absolute atomic E-state index is 0.350. The number of fused-ring (bicyclic) bond motifs is 2. The number of aryl methyl sites for hydroxylation is 6. The van der Waals surface area contributed by atoms with E-state index < -0.39 is 0 Å². The van der Waals surface area contributed by atoms with Crippen molar-refractivity contribution in [2.75, 3.05) is 0 Å². The van der Waals surface area contributed by atoms with Crippen molar-refractivity contribution in [2.45, 2.75) is 119 Å². The Morgan fingerprint density at radius 2 is 0.898 bits per heavy atom. The maximum atomic E-state index is 2.63. The molecule has 0 aromatic heterocycles. The van der Waals surface area contributed by atoms with Crippen molar-refractivity contribution >= 4 is 21.7 Å². The zero-order valence-corrected chi connectivity index (χ0v) is 33.6. The molecule has 0 aliphatic heterocycles. The Morgan fingerprint density at radius 1 is 0.531 bits per heavy atom. The summed E-state index contributed by atoms with van der Waals surface area (Å²) in [6.45, 7) is 23.3. The average Bonchev–Trinajstić information content (AvgIpc) is 3.59. The highest BCUT2D eigenvalue weighted by Crippen LogP contribution is 2.50. The second-order valence-electron chi connectivity index (χ2n) is 16.1. The van der Waals surface area contributed by atoms with Crippen LogP contribution in [-0.2, 0) is 12.8 Å². The monoisotopic (exact) mass is 664 g/mol. The summed E-state index contributed by atoms with van der Waals surface area (Å²) in [4.78, 5) is 0. The molecule has 4 aromatic rings. The lowest BCUT2D eigenvalue weighted by Crippen LogP contribution is -2.11. The fraction of sp³-hybridized carbons (Fsp3) is 0.417. The second-order valence-corrected chi connectivity index (χ2v) is 18.0. The van der Waals surface area contributed by atoms with Crippen molar-refractivity contribution in [2.24, 2.45) is 11.8 Å². The Labute approximate surface area is 301 Å². The maximum Gasteiger partial charge on any atom is 0.0218 e. The molecule has 0 nitrogen and oxygen atoms in total. The van der Waals surface area contributed by atoms with Crippen molar-refractivity contribution in [3.8, 4) is 22.3 Å². The van der Waals surface area contributed by atoms with E-state index in [4.69, 9.17) is 0 Å². The van der Waals surface area contributed by atoms with E-state index in [9.17, 15) is 0 Å². The summed E-state index contributed by atoms with van der Waals surface area (Å²) in [7, 11) is -0.350. The lowest BCUT2D eigenvalue weighted by Gasteiger charge is -2.24. The third kappa shape index (κ3) is 7.11. The van der Waals surface area contributed by atoms with E-state index in [1.165, 1.54) is 91.7 Å². The van der Waals surface area contributed by atoms with Crippen LogP contribution in [0, 0.1) is 39.5 Å². The number of allylic oxidation sites excluding steroid dienone is 2. The summed E-state index contributed by atoms with van der Waals surface area (Å²) >= 11 is 0. The first-order valence-corrected chi connectivity index (χ1v) is 21.4. The van der Waals surface area contributed by atoms with Crippen LogP contribution < -0.4 is 0 Å². The highest BCUT2D eigenvalue weighted by Gasteiger charge is 2.33. The molecule has 4 aromatic carbocycles. The number of benzene rings is 4. The highest BCUT2D eigenvalue weighted by molar-refractivity contribution is 6.36. The molecule has 2 atom stereocenters. The molecule has 0 heterocycles. The summed E-state index contributed by atoms with van der Waals surface area (Å²) in [5.74, 6) is 2.24. The normalized spacial score (nSPS) is 17.0. The first-order valence-electron chi connectivity index (χ1n) is 19.4. The number of hydrogen-bond donors (Lipinski definition) is 0. The van der Waals surface area contributed by atoms with E-state index >= 15 is 0 Å². The Hall–Kier alpha value is -3.42. The van der Waals surface area contributed by atoms with Gasteiger partial charge in [0.1, 0.15) is 0 Å². The highest BCUT2D eigenvalue weighted by atomic mass is 28.2. The lowest BCUT2D eigenvalue weighted by atomic mass is 9.86. The molecular formula is C48H60Si. The van der Waals surface area contributed by atoms with Gasteiger partial charge in [0.05, 0.1) is 0 Å². The molecule has 1 heteroatoms. The third-order valence-corrected chi connectivity index (χ3v) is 13.3. The van der Waals surface area contributed by atoms with Gasteiger partial charge in [-0.25, -0.2) is 0 Å². The summed E-state index contributed by atoms with van der Waals surface area (Å²) < 4.78 is 0. The zero-order valence-electron chi connectivity index (χ0n) is 32.2. The summed E-state index contributed by atoms with van der Waals surface area (Å²) in [6, 6.07) is 27.0. The van der Waals surface area contributed by atoms with E-state index in [-0.39, 0.29) is 9.52 Å².